The lowest BCUT2D eigenvalue weighted by Gasteiger charge is -2.37. The van der Waals surface area contributed by atoms with Gasteiger partial charge < -0.3 is 29.4 Å². The van der Waals surface area contributed by atoms with Gasteiger partial charge in [0.2, 0.25) is 5.91 Å². The molecule has 1 aromatic heterocycles. The van der Waals surface area contributed by atoms with E-state index >= 15 is 0 Å². The van der Waals surface area contributed by atoms with Crippen molar-refractivity contribution in [2.45, 2.75) is 43.4 Å². The maximum Gasteiger partial charge on any atom is 0.523 e. The summed E-state index contributed by atoms with van der Waals surface area (Å²) >= 11 is 0. The summed E-state index contributed by atoms with van der Waals surface area (Å²) in [5.74, 6) is 0.544. The second-order valence-corrected chi connectivity index (χ2v) is 10.6. The van der Waals surface area contributed by atoms with Gasteiger partial charge in [0.15, 0.2) is 6.23 Å². The van der Waals surface area contributed by atoms with Gasteiger partial charge in [-0.15, -0.1) is 13.2 Å². The summed E-state index contributed by atoms with van der Waals surface area (Å²) in [4.78, 5) is 28.0. The van der Waals surface area contributed by atoms with E-state index < -0.39 is 54.7 Å². The van der Waals surface area contributed by atoms with Crippen LogP contribution in [0.25, 0.3) is 0 Å². The fraction of sp³-hybridized carbons (Fsp3) is 0.303. The van der Waals surface area contributed by atoms with Crippen molar-refractivity contribution in [2.24, 2.45) is 0 Å². The molecule has 0 bridgehead atoms. The molecule has 2 N–H and O–H groups in total. The first kappa shape index (κ1) is 33.6. The van der Waals surface area contributed by atoms with Crippen LogP contribution >= 0.6 is 0 Å². The summed E-state index contributed by atoms with van der Waals surface area (Å²) in [6.07, 6.45) is -11.2. The summed E-state index contributed by atoms with van der Waals surface area (Å²) in [6, 6.07) is 24.5. The molecule has 14 heteroatoms. The van der Waals surface area contributed by atoms with E-state index in [9.17, 15) is 27.9 Å². The summed E-state index contributed by atoms with van der Waals surface area (Å²) in [5.41, 5.74) is -0.483. The number of nitrogens with one attached hydrogen (secondary N) is 1. The summed E-state index contributed by atoms with van der Waals surface area (Å²) in [6.45, 7) is 0.753. The van der Waals surface area contributed by atoms with Crippen molar-refractivity contribution in [3.63, 3.8) is 0 Å². The molecule has 1 aliphatic rings. The number of carbonyl (C=O) groups is 1. The summed E-state index contributed by atoms with van der Waals surface area (Å²) < 4.78 is 69.0. The molecule has 47 heavy (non-hydrogen) atoms. The van der Waals surface area contributed by atoms with Crippen LogP contribution < -0.4 is 20.5 Å². The molecule has 0 aliphatic carbocycles. The Balaban J connectivity index is 1.56. The number of halogens is 3. The molecular weight excluding hydrogens is 623 g/mol. The first-order valence-corrected chi connectivity index (χ1v) is 14.4. The molecule has 11 nitrogen and oxygen atoms in total. The largest absolute Gasteiger partial charge is 0.523 e. The van der Waals surface area contributed by atoms with Crippen molar-refractivity contribution in [3.8, 4) is 11.5 Å². The molecule has 5 rings (SSSR count). The minimum atomic E-state index is -5.18. The number of ether oxygens (including phenoxy) is 5. The molecule has 0 spiro atoms. The number of alkyl halides is 3. The monoisotopic (exact) mass is 655 g/mol. The van der Waals surface area contributed by atoms with E-state index in [1.54, 1.807) is 48.5 Å². The van der Waals surface area contributed by atoms with E-state index in [2.05, 4.69) is 15.0 Å². The number of aliphatic hydroxyl groups excluding tert-OH is 1. The van der Waals surface area contributed by atoms with Gasteiger partial charge in [0.1, 0.15) is 41.2 Å². The van der Waals surface area contributed by atoms with E-state index in [1.165, 1.54) is 27.2 Å². The zero-order chi connectivity index (χ0) is 33.8. The minimum absolute atomic E-state index is 0.114. The van der Waals surface area contributed by atoms with Gasteiger partial charge in [-0.25, -0.2) is 4.79 Å². The molecule has 0 radical (unpaired) electrons. The number of carbonyl (C=O) groups excluding carboxylic acids is 1. The van der Waals surface area contributed by atoms with E-state index in [0.717, 1.165) is 10.8 Å². The van der Waals surface area contributed by atoms with Gasteiger partial charge >= 0.3 is 12.1 Å². The molecule has 1 fully saturated rings. The van der Waals surface area contributed by atoms with Gasteiger partial charge in [0.25, 0.3) is 0 Å². The van der Waals surface area contributed by atoms with Crippen molar-refractivity contribution in [2.75, 3.05) is 26.1 Å². The Labute approximate surface area is 267 Å². The second kappa shape index (κ2) is 13.9. The predicted octanol–water partition coefficient (Wildman–Crippen LogP) is 4.39. The second-order valence-electron chi connectivity index (χ2n) is 10.6. The number of hydrogen-bond acceptors (Lipinski definition) is 9. The average Bonchev–Trinajstić information content (AvgIpc) is 3.35. The van der Waals surface area contributed by atoms with Crippen LogP contribution in [0.15, 0.2) is 95.9 Å². The van der Waals surface area contributed by atoms with Gasteiger partial charge in [-0.1, -0.05) is 54.6 Å². The third-order valence-corrected chi connectivity index (χ3v) is 7.63. The Bertz CT molecular complexity index is 1670. The van der Waals surface area contributed by atoms with E-state index in [1.807, 2.05) is 30.3 Å². The van der Waals surface area contributed by atoms with Gasteiger partial charge in [-0.3, -0.25) is 14.1 Å². The average molecular weight is 656 g/mol. The standard InChI is InChI=1S/C33H32F3N3O8/c1-20(40)37-27-17-18-39(31(42)38-27)30-29(47-33(34,35)36)28(41)26(46-30)19-45-32(21-7-5-4-6-8-21,22-9-13-24(43-2)14-10-22)23-11-15-25(44-3)16-12-23/h4-18,26,28-30,41H,19H2,1-3H3,(H,37,38,40,42)/t26-,28-,29-,30-/m1/s1. The third-order valence-electron chi connectivity index (χ3n) is 7.63. The molecule has 1 saturated heterocycles. The van der Waals surface area contributed by atoms with Gasteiger partial charge in [-0.2, -0.15) is 4.98 Å². The van der Waals surface area contributed by atoms with Gasteiger partial charge in [-0.05, 0) is 47.0 Å². The van der Waals surface area contributed by atoms with Crippen molar-refractivity contribution < 1.29 is 46.8 Å². The zero-order valence-corrected chi connectivity index (χ0v) is 25.5. The highest BCUT2D eigenvalue weighted by molar-refractivity contribution is 5.87. The van der Waals surface area contributed by atoms with Crippen LogP contribution in [0.5, 0.6) is 11.5 Å². The quantitative estimate of drug-likeness (QED) is 0.226. The molecule has 0 unspecified atom stereocenters. The van der Waals surface area contributed by atoms with Crippen LogP contribution in [-0.4, -0.2) is 66.1 Å². The van der Waals surface area contributed by atoms with Gasteiger partial charge in [0.05, 0.1) is 20.8 Å². The topological polar surface area (TPSA) is 130 Å². The number of methoxy groups -OCH3 is 2. The Morgan fingerprint density at radius 3 is 1.96 bits per heavy atom. The molecule has 4 atom stereocenters. The number of benzene rings is 3. The van der Waals surface area contributed by atoms with E-state index in [0.29, 0.717) is 28.2 Å². The molecular formula is C33H32F3N3O8. The lowest BCUT2D eigenvalue weighted by atomic mass is 9.80. The van der Waals surface area contributed by atoms with Crippen LogP contribution in [0.3, 0.4) is 0 Å². The summed E-state index contributed by atoms with van der Waals surface area (Å²) in [5, 5.41) is 13.5. The van der Waals surface area contributed by atoms with Crippen molar-refractivity contribution in [1.29, 1.82) is 0 Å². The first-order chi connectivity index (χ1) is 22.4. The number of hydrogen-bond donors (Lipinski definition) is 2. The SMILES string of the molecule is COc1ccc(C(OC[C@H]2O[C@@H](n3ccc(NC(C)=O)nc3=O)[C@H](OC(F)(F)F)[C@@H]2O)(c2ccccc2)c2ccc(OC)cc2)cc1. The number of aromatic nitrogens is 2. The maximum atomic E-state index is 13.6. The van der Waals surface area contributed by atoms with Gasteiger partial charge in [0, 0.05) is 13.1 Å². The number of rotatable bonds is 11. The fourth-order valence-electron chi connectivity index (χ4n) is 5.50. The van der Waals surface area contributed by atoms with Crippen LogP contribution in [0, 0.1) is 0 Å². The Morgan fingerprint density at radius 1 is 0.915 bits per heavy atom. The van der Waals surface area contributed by atoms with E-state index in [-0.39, 0.29) is 5.82 Å². The number of aliphatic hydroxyl groups is 1. The van der Waals surface area contributed by atoms with Crippen molar-refractivity contribution in [3.05, 3.63) is 118 Å². The minimum Gasteiger partial charge on any atom is -0.497 e. The number of nitrogens with zero attached hydrogens (tertiary/aromatic N) is 2. The lowest BCUT2D eigenvalue weighted by Crippen LogP contribution is -2.42. The molecule has 248 valence electrons. The highest BCUT2D eigenvalue weighted by Crippen LogP contribution is 2.43. The highest BCUT2D eigenvalue weighted by Gasteiger charge is 2.52. The van der Waals surface area contributed by atoms with Crippen LogP contribution in [0.1, 0.15) is 29.8 Å². The zero-order valence-electron chi connectivity index (χ0n) is 25.5. The molecule has 3 aromatic carbocycles. The smallest absolute Gasteiger partial charge is 0.497 e. The molecule has 1 aliphatic heterocycles. The Kier molecular flexibility index (Phi) is 9.96. The molecule has 1 amide bonds. The fourth-order valence-corrected chi connectivity index (χ4v) is 5.50. The van der Waals surface area contributed by atoms with Crippen molar-refractivity contribution in [1.82, 2.24) is 9.55 Å². The molecule has 4 aromatic rings. The normalized spacial score (nSPS) is 19.7. The van der Waals surface area contributed by atoms with Crippen LogP contribution in [0.2, 0.25) is 0 Å². The Morgan fingerprint density at radius 2 is 1.47 bits per heavy atom. The van der Waals surface area contributed by atoms with E-state index in [4.69, 9.17) is 18.9 Å². The third kappa shape index (κ3) is 7.30. The Hall–Kier alpha value is -4.76. The summed E-state index contributed by atoms with van der Waals surface area (Å²) in [7, 11) is 3.06. The first-order valence-electron chi connectivity index (χ1n) is 14.4. The van der Waals surface area contributed by atoms with Crippen LogP contribution in [0.4, 0.5) is 19.0 Å². The number of amides is 1. The maximum absolute atomic E-state index is 13.6. The highest BCUT2D eigenvalue weighted by atomic mass is 19.4. The lowest BCUT2D eigenvalue weighted by molar-refractivity contribution is -0.356. The molecule has 2 heterocycles. The number of anilines is 1. The predicted molar refractivity (Wildman–Crippen MR) is 162 cm³/mol. The van der Waals surface area contributed by atoms with Crippen LogP contribution in [-0.2, 0) is 24.6 Å². The molecule has 0 saturated carbocycles. The van der Waals surface area contributed by atoms with Crippen molar-refractivity contribution >= 4 is 11.7 Å².